The molecule has 4 aromatic heterocycles. The molecule has 5 heterocycles. The summed E-state index contributed by atoms with van der Waals surface area (Å²) in [5.74, 6) is 0.837. The number of nitrogens with one attached hydrogen (secondary N) is 1. The first-order valence-corrected chi connectivity index (χ1v) is 12.9. The zero-order chi connectivity index (χ0) is 22.2. The van der Waals surface area contributed by atoms with E-state index in [-0.39, 0.29) is 17.3 Å². The van der Waals surface area contributed by atoms with Crippen molar-refractivity contribution in [2.45, 2.75) is 58.8 Å². The molecule has 168 valence electrons. The highest BCUT2D eigenvalue weighted by molar-refractivity contribution is 7.10. The van der Waals surface area contributed by atoms with Gasteiger partial charge < -0.3 is 4.57 Å². The Hall–Kier alpha value is -2.49. The molecular formula is C23H27N5O2S2. The molecule has 0 saturated carbocycles. The van der Waals surface area contributed by atoms with Crippen LogP contribution < -0.4 is 11.2 Å². The first kappa shape index (κ1) is 21.4. The average molecular weight is 470 g/mol. The molecule has 0 fully saturated rings. The number of hydrogen-bond acceptors (Lipinski definition) is 6. The molecule has 32 heavy (non-hydrogen) atoms. The molecule has 0 spiro atoms. The third kappa shape index (κ3) is 3.58. The normalized spacial score (nSPS) is 16.6. The molecule has 0 aliphatic carbocycles. The van der Waals surface area contributed by atoms with Crippen molar-refractivity contribution in [3.8, 4) is 0 Å². The Morgan fingerprint density at radius 2 is 2.03 bits per heavy atom. The van der Waals surface area contributed by atoms with Crippen molar-refractivity contribution >= 4 is 33.8 Å². The number of aromatic nitrogens is 4. The van der Waals surface area contributed by atoms with E-state index < -0.39 is 0 Å². The lowest BCUT2D eigenvalue weighted by atomic mass is 9.98. The van der Waals surface area contributed by atoms with Crippen LogP contribution in [0, 0.1) is 0 Å². The number of hydrogen-bond donors (Lipinski definition) is 1. The zero-order valence-corrected chi connectivity index (χ0v) is 20.0. The summed E-state index contributed by atoms with van der Waals surface area (Å²) in [4.78, 5) is 37.9. The van der Waals surface area contributed by atoms with Crippen LogP contribution >= 0.6 is 22.7 Å². The van der Waals surface area contributed by atoms with Gasteiger partial charge in [0.15, 0.2) is 11.2 Å². The van der Waals surface area contributed by atoms with Gasteiger partial charge in [-0.1, -0.05) is 19.4 Å². The number of thiophene rings is 2. The summed E-state index contributed by atoms with van der Waals surface area (Å²) in [6.45, 7) is 6.85. The summed E-state index contributed by atoms with van der Waals surface area (Å²) in [7, 11) is 0. The Balaban J connectivity index is 1.60. The van der Waals surface area contributed by atoms with Gasteiger partial charge in [-0.05, 0) is 48.2 Å². The van der Waals surface area contributed by atoms with E-state index in [2.05, 4.69) is 45.8 Å². The minimum absolute atomic E-state index is 0.190. The van der Waals surface area contributed by atoms with Crippen molar-refractivity contribution in [3.05, 3.63) is 70.9 Å². The molecule has 0 bridgehead atoms. The van der Waals surface area contributed by atoms with Crippen molar-refractivity contribution in [1.29, 1.82) is 0 Å². The Morgan fingerprint density at radius 1 is 1.16 bits per heavy atom. The van der Waals surface area contributed by atoms with Gasteiger partial charge in [-0.15, -0.1) is 22.7 Å². The van der Waals surface area contributed by atoms with Crippen molar-refractivity contribution in [2.24, 2.45) is 0 Å². The molecule has 0 amide bonds. The third-order valence-corrected chi connectivity index (χ3v) is 8.16. The zero-order valence-electron chi connectivity index (χ0n) is 18.3. The lowest BCUT2D eigenvalue weighted by Gasteiger charge is -2.35. The number of aromatic amines is 1. The number of unbranched alkanes of at least 4 members (excludes halogenated alkanes) is 1. The molecule has 4 aromatic rings. The van der Waals surface area contributed by atoms with Crippen LogP contribution in [-0.2, 0) is 26.1 Å². The Bertz CT molecular complexity index is 1350. The predicted octanol–water partition coefficient (Wildman–Crippen LogP) is 3.98. The van der Waals surface area contributed by atoms with Gasteiger partial charge in [-0.2, -0.15) is 0 Å². The van der Waals surface area contributed by atoms with Crippen LogP contribution in [0.3, 0.4) is 0 Å². The Morgan fingerprint density at radius 3 is 2.78 bits per heavy atom. The summed E-state index contributed by atoms with van der Waals surface area (Å²) < 4.78 is 3.60. The fourth-order valence-corrected chi connectivity index (χ4v) is 6.48. The number of fused-ring (bicyclic) bond motifs is 2. The van der Waals surface area contributed by atoms with Crippen LogP contribution in [0.5, 0.6) is 0 Å². The topological polar surface area (TPSA) is 75.9 Å². The summed E-state index contributed by atoms with van der Waals surface area (Å²) in [6, 6.07) is 6.74. The SMILES string of the molecule is CCCCn1c(=O)[nH]c(=O)c2c1nc(CN1CCc3sccc3C1c1cccs1)n2CC. The quantitative estimate of drug-likeness (QED) is 0.444. The standard InChI is InChI=1S/C23H27N5O2S2/c1-3-5-10-28-21-20(22(29)25-23(28)30)27(4-2)18(24-21)14-26-11-8-16-15(9-13-32-16)19(26)17-7-6-12-31-17/h6-7,9,12-13,19H,3-5,8,10-11,14H2,1-2H3,(H,25,29,30). The number of aryl methyl sites for hydroxylation is 2. The van der Waals surface area contributed by atoms with E-state index in [1.807, 2.05) is 22.8 Å². The smallest absolute Gasteiger partial charge is 0.321 e. The highest BCUT2D eigenvalue weighted by Crippen LogP contribution is 2.40. The molecule has 7 nitrogen and oxygen atoms in total. The van der Waals surface area contributed by atoms with Gasteiger partial charge in [0.25, 0.3) is 5.56 Å². The van der Waals surface area contributed by atoms with E-state index in [9.17, 15) is 9.59 Å². The summed E-state index contributed by atoms with van der Waals surface area (Å²) >= 11 is 3.61. The Kier molecular flexibility index (Phi) is 5.88. The number of imidazole rings is 1. The molecule has 5 rings (SSSR count). The van der Waals surface area contributed by atoms with E-state index in [0.717, 1.165) is 31.6 Å². The van der Waals surface area contributed by atoms with Crippen molar-refractivity contribution in [3.63, 3.8) is 0 Å². The molecule has 9 heteroatoms. The van der Waals surface area contributed by atoms with Gasteiger partial charge in [0.05, 0.1) is 12.6 Å². The number of nitrogens with zero attached hydrogens (tertiary/aromatic N) is 4. The van der Waals surface area contributed by atoms with Gasteiger partial charge in [0.1, 0.15) is 5.82 Å². The van der Waals surface area contributed by atoms with Crippen molar-refractivity contribution < 1.29 is 0 Å². The molecule has 1 aliphatic rings. The van der Waals surface area contributed by atoms with Crippen LogP contribution in [0.2, 0.25) is 0 Å². The fraction of sp³-hybridized carbons (Fsp3) is 0.435. The van der Waals surface area contributed by atoms with Crippen LogP contribution in [0.15, 0.2) is 38.5 Å². The van der Waals surface area contributed by atoms with Crippen LogP contribution in [0.4, 0.5) is 0 Å². The summed E-state index contributed by atoms with van der Waals surface area (Å²) in [5.41, 5.74) is 1.65. The van der Waals surface area contributed by atoms with Crippen LogP contribution in [-0.4, -0.2) is 30.5 Å². The van der Waals surface area contributed by atoms with Crippen molar-refractivity contribution in [1.82, 2.24) is 24.0 Å². The number of rotatable bonds is 7. The maximum atomic E-state index is 12.8. The van der Waals surface area contributed by atoms with E-state index in [4.69, 9.17) is 4.98 Å². The summed E-state index contributed by atoms with van der Waals surface area (Å²) in [5, 5.41) is 4.31. The van der Waals surface area contributed by atoms with E-state index in [1.165, 1.54) is 15.3 Å². The molecule has 0 aromatic carbocycles. The number of H-pyrrole nitrogens is 1. The average Bonchev–Trinajstić information content (AvgIpc) is 3.53. The highest BCUT2D eigenvalue weighted by Gasteiger charge is 2.31. The van der Waals surface area contributed by atoms with Gasteiger partial charge in [-0.25, -0.2) is 9.78 Å². The van der Waals surface area contributed by atoms with Gasteiger partial charge in [0, 0.05) is 29.4 Å². The second-order valence-electron chi connectivity index (χ2n) is 8.15. The molecular weight excluding hydrogens is 442 g/mol. The minimum Gasteiger partial charge on any atom is -0.321 e. The maximum absolute atomic E-state index is 12.8. The molecule has 1 aliphatic heterocycles. The van der Waals surface area contributed by atoms with Gasteiger partial charge in [-0.3, -0.25) is 19.2 Å². The summed E-state index contributed by atoms with van der Waals surface area (Å²) in [6.07, 6.45) is 2.85. The minimum atomic E-state index is -0.374. The van der Waals surface area contributed by atoms with E-state index >= 15 is 0 Å². The molecule has 0 saturated heterocycles. The van der Waals surface area contributed by atoms with Gasteiger partial charge in [0.2, 0.25) is 0 Å². The van der Waals surface area contributed by atoms with E-state index in [1.54, 1.807) is 15.9 Å². The molecule has 1 unspecified atom stereocenters. The Labute approximate surface area is 194 Å². The monoisotopic (exact) mass is 469 g/mol. The second-order valence-corrected chi connectivity index (χ2v) is 10.1. The van der Waals surface area contributed by atoms with E-state index in [0.29, 0.717) is 30.8 Å². The maximum Gasteiger partial charge on any atom is 0.330 e. The highest BCUT2D eigenvalue weighted by atomic mass is 32.1. The molecule has 0 radical (unpaired) electrons. The lowest BCUT2D eigenvalue weighted by Crippen LogP contribution is -2.35. The second kappa shape index (κ2) is 8.80. The largest absolute Gasteiger partial charge is 0.330 e. The predicted molar refractivity (Wildman–Crippen MR) is 130 cm³/mol. The van der Waals surface area contributed by atoms with Crippen LogP contribution in [0.25, 0.3) is 11.2 Å². The first-order chi connectivity index (χ1) is 15.6. The molecule has 1 N–H and O–H groups in total. The van der Waals surface area contributed by atoms with Crippen LogP contribution in [0.1, 0.15) is 53.9 Å². The van der Waals surface area contributed by atoms with Gasteiger partial charge >= 0.3 is 5.69 Å². The fourth-order valence-electron chi connectivity index (χ4n) is 4.70. The third-order valence-electron chi connectivity index (χ3n) is 6.24. The lowest BCUT2D eigenvalue weighted by molar-refractivity contribution is 0.201. The van der Waals surface area contributed by atoms with Crippen molar-refractivity contribution in [2.75, 3.05) is 6.54 Å². The molecule has 1 atom stereocenters. The first-order valence-electron chi connectivity index (χ1n) is 11.2.